The predicted octanol–water partition coefficient (Wildman–Crippen LogP) is 3.49. The third kappa shape index (κ3) is 3.78. The Bertz CT molecular complexity index is 500. The second-order valence-electron chi connectivity index (χ2n) is 6.28. The molecule has 2 unspecified atom stereocenters. The van der Waals surface area contributed by atoms with E-state index in [9.17, 15) is 4.79 Å². The van der Waals surface area contributed by atoms with Gasteiger partial charge in [0.15, 0.2) is 0 Å². The standard InChI is InChI=1S/C17H26N2O.ClH/c1-11(2)14-7-8-16-15(10-14)6-5-9-19(16)17(20)12(3)13(4)18;/h7-8,10-13H,5-6,9,18H2,1-4H3;1H. The first kappa shape index (κ1) is 18.0. The van der Waals surface area contributed by atoms with Gasteiger partial charge in [0.1, 0.15) is 0 Å². The van der Waals surface area contributed by atoms with Crippen molar-refractivity contribution in [2.24, 2.45) is 11.7 Å². The number of hydrogen-bond donors (Lipinski definition) is 1. The highest BCUT2D eigenvalue weighted by Crippen LogP contribution is 2.31. The molecule has 1 heterocycles. The molecule has 118 valence electrons. The lowest BCUT2D eigenvalue weighted by Gasteiger charge is -2.33. The van der Waals surface area contributed by atoms with E-state index in [2.05, 4.69) is 32.0 Å². The van der Waals surface area contributed by atoms with E-state index in [1.165, 1.54) is 11.1 Å². The molecule has 2 N–H and O–H groups in total. The van der Waals surface area contributed by atoms with Crippen LogP contribution in [0.15, 0.2) is 18.2 Å². The molecule has 0 aromatic heterocycles. The summed E-state index contributed by atoms with van der Waals surface area (Å²) in [5.41, 5.74) is 9.61. The van der Waals surface area contributed by atoms with Crippen LogP contribution in [0.2, 0.25) is 0 Å². The normalized spacial score (nSPS) is 17.0. The average Bonchev–Trinajstić information content (AvgIpc) is 2.44. The van der Waals surface area contributed by atoms with Crippen LogP contribution in [0.1, 0.15) is 51.2 Å². The van der Waals surface area contributed by atoms with Crippen molar-refractivity contribution in [2.45, 2.75) is 52.5 Å². The molecular formula is C17H27ClN2O. The fourth-order valence-electron chi connectivity index (χ4n) is 2.68. The molecule has 3 nitrogen and oxygen atoms in total. The van der Waals surface area contributed by atoms with Gasteiger partial charge >= 0.3 is 0 Å². The van der Waals surface area contributed by atoms with Crippen molar-refractivity contribution < 1.29 is 4.79 Å². The summed E-state index contributed by atoms with van der Waals surface area (Å²) in [4.78, 5) is 14.5. The lowest BCUT2D eigenvalue weighted by atomic mass is 9.93. The number of anilines is 1. The lowest BCUT2D eigenvalue weighted by molar-refractivity contribution is -0.122. The maximum Gasteiger partial charge on any atom is 0.231 e. The molecule has 0 saturated heterocycles. The Hall–Kier alpha value is -1.06. The molecular weight excluding hydrogens is 284 g/mol. The van der Waals surface area contributed by atoms with Crippen LogP contribution in [0.4, 0.5) is 5.69 Å². The Morgan fingerprint density at radius 3 is 2.48 bits per heavy atom. The largest absolute Gasteiger partial charge is 0.327 e. The number of halogens is 1. The van der Waals surface area contributed by atoms with Crippen LogP contribution < -0.4 is 10.6 Å². The number of aryl methyl sites for hydroxylation is 1. The number of nitrogens with zero attached hydrogens (tertiary/aromatic N) is 1. The average molecular weight is 311 g/mol. The SMILES string of the molecule is CC(C)c1ccc2c(c1)CCCN2C(=O)C(C)C(C)N.Cl. The van der Waals surface area contributed by atoms with Crippen molar-refractivity contribution in [1.82, 2.24) is 0 Å². The van der Waals surface area contributed by atoms with Crippen molar-refractivity contribution in [3.05, 3.63) is 29.3 Å². The number of nitrogens with two attached hydrogens (primary N) is 1. The number of carbonyl (C=O) groups excluding carboxylic acids is 1. The molecule has 2 rings (SSSR count). The Labute approximate surface area is 134 Å². The molecule has 0 radical (unpaired) electrons. The molecule has 4 heteroatoms. The van der Waals surface area contributed by atoms with Gasteiger partial charge in [-0.05, 0) is 42.9 Å². The Morgan fingerprint density at radius 1 is 1.24 bits per heavy atom. The van der Waals surface area contributed by atoms with E-state index in [0.29, 0.717) is 5.92 Å². The minimum absolute atomic E-state index is 0. The number of rotatable bonds is 3. The molecule has 0 saturated carbocycles. The fraction of sp³-hybridized carbons (Fsp3) is 0.588. The Balaban J connectivity index is 0.00000220. The van der Waals surface area contributed by atoms with E-state index in [0.717, 1.165) is 25.1 Å². The molecule has 1 aromatic rings. The van der Waals surface area contributed by atoms with Crippen molar-refractivity contribution in [2.75, 3.05) is 11.4 Å². The first-order valence-electron chi connectivity index (χ1n) is 7.61. The topological polar surface area (TPSA) is 46.3 Å². The summed E-state index contributed by atoms with van der Waals surface area (Å²) in [6.07, 6.45) is 2.10. The highest BCUT2D eigenvalue weighted by molar-refractivity contribution is 5.96. The molecule has 1 aliphatic heterocycles. The summed E-state index contributed by atoms with van der Waals surface area (Å²) in [5.74, 6) is 0.540. The van der Waals surface area contributed by atoms with E-state index in [-0.39, 0.29) is 30.3 Å². The molecule has 0 fully saturated rings. The number of amides is 1. The summed E-state index contributed by atoms with van der Waals surface area (Å²) < 4.78 is 0. The molecule has 21 heavy (non-hydrogen) atoms. The zero-order valence-electron chi connectivity index (χ0n) is 13.4. The first-order valence-corrected chi connectivity index (χ1v) is 7.61. The number of carbonyl (C=O) groups is 1. The van der Waals surface area contributed by atoms with Gasteiger partial charge in [-0.25, -0.2) is 0 Å². The molecule has 1 amide bonds. The third-order valence-electron chi connectivity index (χ3n) is 4.33. The zero-order chi connectivity index (χ0) is 14.9. The van der Waals surface area contributed by atoms with Gasteiger partial charge in [-0.1, -0.05) is 32.9 Å². The zero-order valence-corrected chi connectivity index (χ0v) is 14.2. The number of fused-ring (bicyclic) bond motifs is 1. The van der Waals surface area contributed by atoms with Gasteiger partial charge in [0.05, 0.1) is 5.92 Å². The summed E-state index contributed by atoms with van der Waals surface area (Å²) >= 11 is 0. The van der Waals surface area contributed by atoms with Gasteiger partial charge in [-0.3, -0.25) is 4.79 Å². The highest BCUT2D eigenvalue weighted by Gasteiger charge is 2.28. The molecule has 0 bridgehead atoms. The fourth-order valence-corrected chi connectivity index (χ4v) is 2.68. The monoisotopic (exact) mass is 310 g/mol. The Kier molecular flexibility index (Phi) is 6.24. The summed E-state index contributed by atoms with van der Waals surface area (Å²) in [5, 5.41) is 0. The Morgan fingerprint density at radius 2 is 1.90 bits per heavy atom. The van der Waals surface area contributed by atoms with Gasteiger partial charge in [-0.2, -0.15) is 0 Å². The van der Waals surface area contributed by atoms with Gasteiger partial charge in [0, 0.05) is 18.3 Å². The molecule has 2 atom stereocenters. The van der Waals surface area contributed by atoms with Gasteiger partial charge < -0.3 is 10.6 Å². The summed E-state index contributed by atoms with van der Waals surface area (Å²) in [7, 11) is 0. The highest BCUT2D eigenvalue weighted by atomic mass is 35.5. The van der Waals surface area contributed by atoms with Crippen LogP contribution in [0.5, 0.6) is 0 Å². The summed E-state index contributed by atoms with van der Waals surface area (Å²) in [6.45, 7) is 9.03. The summed E-state index contributed by atoms with van der Waals surface area (Å²) in [6, 6.07) is 6.40. The third-order valence-corrected chi connectivity index (χ3v) is 4.33. The lowest BCUT2D eigenvalue weighted by Crippen LogP contribution is -2.44. The van der Waals surface area contributed by atoms with Crippen LogP contribution in [0.25, 0.3) is 0 Å². The molecule has 1 aliphatic rings. The van der Waals surface area contributed by atoms with E-state index >= 15 is 0 Å². The van der Waals surface area contributed by atoms with Crippen LogP contribution in [-0.2, 0) is 11.2 Å². The molecule has 0 spiro atoms. The first-order chi connectivity index (χ1) is 9.41. The van der Waals surface area contributed by atoms with Gasteiger partial charge in [0.2, 0.25) is 5.91 Å². The van der Waals surface area contributed by atoms with E-state index in [1.54, 1.807) is 0 Å². The minimum atomic E-state index is -0.134. The van der Waals surface area contributed by atoms with Crippen molar-refractivity contribution in [3.8, 4) is 0 Å². The van der Waals surface area contributed by atoms with E-state index in [4.69, 9.17) is 5.73 Å². The number of benzene rings is 1. The maximum atomic E-state index is 12.6. The predicted molar refractivity (Wildman–Crippen MR) is 91.3 cm³/mol. The minimum Gasteiger partial charge on any atom is -0.327 e. The number of hydrogen-bond acceptors (Lipinski definition) is 2. The molecule has 1 aromatic carbocycles. The van der Waals surface area contributed by atoms with E-state index < -0.39 is 0 Å². The van der Waals surface area contributed by atoms with Crippen molar-refractivity contribution >= 4 is 24.0 Å². The maximum absolute atomic E-state index is 12.6. The smallest absolute Gasteiger partial charge is 0.231 e. The van der Waals surface area contributed by atoms with Crippen molar-refractivity contribution in [1.29, 1.82) is 0 Å². The van der Waals surface area contributed by atoms with Crippen LogP contribution in [0, 0.1) is 5.92 Å². The van der Waals surface area contributed by atoms with Crippen LogP contribution in [0.3, 0.4) is 0 Å². The molecule has 0 aliphatic carbocycles. The van der Waals surface area contributed by atoms with Gasteiger partial charge in [-0.15, -0.1) is 12.4 Å². The second kappa shape index (κ2) is 7.28. The second-order valence-corrected chi connectivity index (χ2v) is 6.28. The quantitative estimate of drug-likeness (QED) is 0.929. The van der Waals surface area contributed by atoms with E-state index in [1.807, 2.05) is 18.7 Å². The van der Waals surface area contributed by atoms with Gasteiger partial charge in [0.25, 0.3) is 0 Å². The van der Waals surface area contributed by atoms with Crippen LogP contribution >= 0.6 is 12.4 Å². The van der Waals surface area contributed by atoms with Crippen molar-refractivity contribution in [3.63, 3.8) is 0 Å². The van der Waals surface area contributed by atoms with Crippen LogP contribution in [-0.4, -0.2) is 18.5 Å².